The number of hydrogen-bond donors (Lipinski definition) is 2. The molecule has 1 aromatic heterocycles. The zero-order chi connectivity index (χ0) is 16.3. The molecule has 0 radical (unpaired) electrons. The predicted octanol–water partition coefficient (Wildman–Crippen LogP) is 2.53. The number of H-pyrrole nitrogens is 1. The van der Waals surface area contributed by atoms with Crippen LogP contribution < -0.4 is 0 Å². The average Bonchev–Trinajstić information content (AvgIpc) is 3.00. The largest absolute Gasteiger partial charge is 0.508 e. The van der Waals surface area contributed by atoms with E-state index in [0.717, 1.165) is 28.6 Å². The van der Waals surface area contributed by atoms with Gasteiger partial charge in [-0.1, -0.05) is 6.92 Å². The van der Waals surface area contributed by atoms with Crippen molar-refractivity contribution in [2.45, 2.75) is 38.8 Å². The molecule has 2 aliphatic heterocycles. The Labute approximate surface area is 133 Å². The van der Waals surface area contributed by atoms with E-state index >= 15 is 0 Å². The Hall–Kier alpha value is -2.50. The van der Waals surface area contributed by atoms with Crippen molar-refractivity contribution in [3.8, 4) is 5.75 Å². The Balaban J connectivity index is 1.83. The highest BCUT2D eigenvalue weighted by Gasteiger charge is 2.50. The van der Waals surface area contributed by atoms with E-state index in [-0.39, 0.29) is 23.7 Å². The number of urea groups is 1. The number of rotatable bonds is 2. The maximum atomic E-state index is 12.6. The summed E-state index contributed by atoms with van der Waals surface area (Å²) in [6.45, 7) is 4.37. The number of nitrogens with one attached hydrogen (secondary N) is 1. The van der Waals surface area contributed by atoms with Crippen LogP contribution in [-0.4, -0.2) is 44.4 Å². The number of phenols is 1. The van der Waals surface area contributed by atoms with Crippen LogP contribution in [0.25, 0.3) is 10.9 Å². The van der Waals surface area contributed by atoms with Crippen LogP contribution in [0.4, 0.5) is 4.79 Å². The van der Waals surface area contributed by atoms with Crippen molar-refractivity contribution in [3.63, 3.8) is 0 Å². The summed E-state index contributed by atoms with van der Waals surface area (Å²) < 4.78 is 0. The number of benzene rings is 1. The first kappa shape index (κ1) is 14.1. The Morgan fingerprint density at radius 2 is 2.13 bits per heavy atom. The lowest BCUT2D eigenvalue weighted by Gasteiger charge is -2.33. The first-order chi connectivity index (χ1) is 11.0. The summed E-state index contributed by atoms with van der Waals surface area (Å²) in [7, 11) is 0. The van der Waals surface area contributed by atoms with Gasteiger partial charge in [-0.15, -0.1) is 0 Å². The third-order valence-corrected chi connectivity index (χ3v) is 4.94. The van der Waals surface area contributed by atoms with Gasteiger partial charge in [-0.2, -0.15) is 0 Å². The number of nitrogens with zero attached hydrogens (tertiary/aromatic N) is 2. The molecule has 6 nitrogen and oxygen atoms in total. The van der Waals surface area contributed by atoms with Crippen LogP contribution in [0.3, 0.4) is 0 Å². The van der Waals surface area contributed by atoms with Crippen LogP contribution in [0.1, 0.15) is 37.6 Å². The Bertz CT molecular complexity index is 826. The van der Waals surface area contributed by atoms with Crippen molar-refractivity contribution >= 4 is 22.8 Å². The smallest absolute Gasteiger partial charge is 0.328 e. The van der Waals surface area contributed by atoms with Crippen LogP contribution in [0, 0.1) is 0 Å². The molecule has 0 spiro atoms. The number of fused-ring (bicyclic) bond motifs is 4. The zero-order valence-corrected chi connectivity index (χ0v) is 13.2. The van der Waals surface area contributed by atoms with Gasteiger partial charge in [-0.25, -0.2) is 4.79 Å². The van der Waals surface area contributed by atoms with E-state index in [4.69, 9.17) is 0 Å². The Kier molecular flexibility index (Phi) is 2.91. The molecule has 3 amide bonds. The van der Waals surface area contributed by atoms with Crippen molar-refractivity contribution in [2.24, 2.45) is 0 Å². The molecule has 2 aromatic rings. The molecule has 0 unspecified atom stereocenters. The lowest BCUT2D eigenvalue weighted by atomic mass is 9.93. The molecule has 1 fully saturated rings. The topological polar surface area (TPSA) is 76.6 Å². The van der Waals surface area contributed by atoms with Crippen LogP contribution >= 0.6 is 0 Å². The van der Waals surface area contributed by atoms with E-state index in [9.17, 15) is 14.7 Å². The van der Waals surface area contributed by atoms with Gasteiger partial charge in [0.05, 0.1) is 6.04 Å². The standard InChI is InChI=1S/C17H19N3O3/c1-3-6-19-16(22)14-8-12-11-7-10(21)4-5-13(11)18-15(12)9(2)20(14)17(19)23/h4-5,7,9,14,18,21H,3,6,8H2,1-2H3/t9-,14-/m0/s1. The summed E-state index contributed by atoms with van der Waals surface area (Å²) in [5, 5.41) is 10.7. The minimum absolute atomic E-state index is 0.108. The van der Waals surface area contributed by atoms with Crippen LogP contribution in [0.5, 0.6) is 5.75 Å². The van der Waals surface area contributed by atoms with Crippen molar-refractivity contribution in [3.05, 3.63) is 29.5 Å². The molecule has 120 valence electrons. The molecule has 6 heteroatoms. The summed E-state index contributed by atoms with van der Waals surface area (Å²) >= 11 is 0. The number of carbonyl (C=O) groups excluding carboxylic acids is 2. The number of carbonyl (C=O) groups is 2. The van der Waals surface area contributed by atoms with Gasteiger partial charge in [0.2, 0.25) is 0 Å². The second-order valence-electron chi connectivity index (χ2n) is 6.32. The molecule has 0 aliphatic carbocycles. The average molecular weight is 313 g/mol. The van der Waals surface area contributed by atoms with Crippen molar-refractivity contribution in [1.82, 2.24) is 14.8 Å². The van der Waals surface area contributed by atoms with Crippen LogP contribution in [-0.2, 0) is 11.2 Å². The fourth-order valence-corrected chi connectivity index (χ4v) is 3.88. The molecule has 2 aliphatic rings. The van der Waals surface area contributed by atoms with Gasteiger partial charge in [0, 0.05) is 29.6 Å². The maximum absolute atomic E-state index is 12.6. The van der Waals surface area contributed by atoms with Gasteiger partial charge in [-0.05, 0) is 37.1 Å². The number of phenolic OH excluding ortho intramolecular Hbond substituents is 1. The monoisotopic (exact) mass is 313 g/mol. The third kappa shape index (κ3) is 1.81. The van der Waals surface area contributed by atoms with E-state index < -0.39 is 6.04 Å². The van der Waals surface area contributed by atoms with Crippen molar-refractivity contribution in [2.75, 3.05) is 6.54 Å². The lowest BCUT2D eigenvalue weighted by molar-refractivity contribution is -0.128. The highest BCUT2D eigenvalue weighted by molar-refractivity contribution is 6.05. The van der Waals surface area contributed by atoms with E-state index in [1.165, 1.54) is 4.90 Å². The highest BCUT2D eigenvalue weighted by atomic mass is 16.3. The minimum Gasteiger partial charge on any atom is -0.508 e. The van der Waals surface area contributed by atoms with E-state index in [1.807, 2.05) is 19.9 Å². The Morgan fingerprint density at radius 1 is 1.35 bits per heavy atom. The number of imide groups is 1. The molecule has 3 heterocycles. The molecular weight excluding hydrogens is 294 g/mol. The normalized spacial score (nSPS) is 23.6. The number of aromatic amines is 1. The second kappa shape index (κ2) is 4.75. The number of aromatic nitrogens is 1. The molecule has 4 rings (SSSR count). The molecule has 2 atom stereocenters. The first-order valence-corrected chi connectivity index (χ1v) is 8.00. The highest BCUT2D eigenvalue weighted by Crippen LogP contribution is 2.41. The zero-order valence-electron chi connectivity index (χ0n) is 13.2. The fourth-order valence-electron chi connectivity index (χ4n) is 3.88. The minimum atomic E-state index is -0.433. The summed E-state index contributed by atoms with van der Waals surface area (Å²) in [4.78, 5) is 31.6. The quantitative estimate of drug-likeness (QED) is 0.837. The molecular formula is C17H19N3O3. The Morgan fingerprint density at radius 3 is 2.87 bits per heavy atom. The summed E-state index contributed by atoms with van der Waals surface area (Å²) in [5.74, 6) is 0.0969. The lowest BCUT2D eigenvalue weighted by Crippen LogP contribution is -2.42. The predicted molar refractivity (Wildman–Crippen MR) is 85.1 cm³/mol. The summed E-state index contributed by atoms with van der Waals surface area (Å²) in [5.41, 5.74) is 2.91. The van der Waals surface area contributed by atoms with Gasteiger partial charge in [0.1, 0.15) is 11.8 Å². The molecule has 1 saturated heterocycles. The molecule has 2 N–H and O–H groups in total. The van der Waals surface area contributed by atoms with Crippen LogP contribution in [0.15, 0.2) is 18.2 Å². The van der Waals surface area contributed by atoms with Crippen LogP contribution in [0.2, 0.25) is 0 Å². The van der Waals surface area contributed by atoms with Crippen molar-refractivity contribution < 1.29 is 14.7 Å². The number of aromatic hydroxyl groups is 1. The van der Waals surface area contributed by atoms with E-state index in [0.29, 0.717) is 13.0 Å². The molecule has 23 heavy (non-hydrogen) atoms. The van der Waals surface area contributed by atoms with Gasteiger partial charge in [-0.3, -0.25) is 9.69 Å². The SMILES string of the molecule is CCCN1C(=O)[C@@H]2Cc3c([nH]c4ccc(O)cc34)[C@H](C)N2C1=O. The first-order valence-electron chi connectivity index (χ1n) is 8.00. The summed E-state index contributed by atoms with van der Waals surface area (Å²) in [6, 6.07) is 4.37. The molecule has 1 aromatic carbocycles. The van der Waals surface area contributed by atoms with E-state index in [2.05, 4.69) is 4.98 Å². The van der Waals surface area contributed by atoms with Crippen molar-refractivity contribution in [1.29, 1.82) is 0 Å². The van der Waals surface area contributed by atoms with Gasteiger partial charge >= 0.3 is 6.03 Å². The second-order valence-corrected chi connectivity index (χ2v) is 6.32. The molecule has 0 saturated carbocycles. The van der Waals surface area contributed by atoms with Gasteiger partial charge in [0.25, 0.3) is 5.91 Å². The summed E-state index contributed by atoms with van der Waals surface area (Å²) in [6.07, 6.45) is 1.25. The van der Waals surface area contributed by atoms with Gasteiger partial charge in [0.15, 0.2) is 0 Å². The van der Waals surface area contributed by atoms with E-state index in [1.54, 1.807) is 17.0 Å². The third-order valence-electron chi connectivity index (χ3n) is 4.94. The number of hydrogen-bond acceptors (Lipinski definition) is 3. The molecule has 0 bridgehead atoms. The maximum Gasteiger partial charge on any atom is 0.328 e. The van der Waals surface area contributed by atoms with Gasteiger partial charge < -0.3 is 15.0 Å². The number of amides is 3. The fraction of sp³-hybridized carbons (Fsp3) is 0.412.